The van der Waals surface area contributed by atoms with Crippen LogP contribution in [0.1, 0.15) is 17.5 Å². The van der Waals surface area contributed by atoms with Crippen molar-refractivity contribution < 1.29 is 9.31 Å². The van der Waals surface area contributed by atoms with E-state index in [9.17, 15) is 14.5 Å². The normalized spacial score (nSPS) is 10.4. The molecule has 1 aromatic heterocycles. The summed E-state index contributed by atoms with van der Waals surface area (Å²) in [6.07, 6.45) is 2.84. The van der Waals surface area contributed by atoms with Crippen LogP contribution in [0.4, 0.5) is 15.9 Å². The lowest BCUT2D eigenvalue weighted by molar-refractivity contribution is -0.385. The molecule has 0 amide bonds. The number of nitro groups is 1. The van der Waals surface area contributed by atoms with Crippen molar-refractivity contribution in [3.63, 3.8) is 0 Å². The van der Waals surface area contributed by atoms with Gasteiger partial charge in [-0.2, -0.15) is 0 Å². The molecule has 2 aromatic rings. The van der Waals surface area contributed by atoms with Crippen molar-refractivity contribution in [1.82, 2.24) is 4.98 Å². The molecule has 6 heteroatoms. The number of nitrogens with one attached hydrogen (secondary N) is 1. The molecule has 110 valence electrons. The standard InChI is InChI=1S/C15H16FN3O2/c1-11-8-15(18-10-14(11)19(20)21)17-7-3-5-12-4-2-6-13(16)9-12/h2,4,6,8-10H,3,5,7H2,1H3,(H,17,18). The van der Waals surface area contributed by atoms with Gasteiger partial charge in [-0.05, 0) is 43.5 Å². The van der Waals surface area contributed by atoms with Crippen LogP contribution < -0.4 is 5.32 Å². The third-order valence-corrected chi connectivity index (χ3v) is 3.12. The van der Waals surface area contributed by atoms with Gasteiger partial charge in [0.05, 0.1) is 4.92 Å². The van der Waals surface area contributed by atoms with E-state index in [1.54, 1.807) is 19.1 Å². The Balaban J connectivity index is 1.84. The fourth-order valence-electron chi connectivity index (χ4n) is 2.04. The quantitative estimate of drug-likeness (QED) is 0.502. The minimum absolute atomic E-state index is 0.0142. The molecule has 0 aliphatic heterocycles. The van der Waals surface area contributed by atoms with E-state index in [0.717, 1.165) is 18.4 Å². The van der Waals surface area contributed by atoms with Crippen molar-refractivity contribution in [2.45, 2.75) is 19.8 Å². The minimum atomic E-state index is -0.448. The van der Waals surface area contributed by atoms with Crippen molar-refractivity contribution in [3.8, 4) is 0 Å². The second-order valence-electron chi connectivity index (χ2n) is 4.77. The van der Waals surface area contributed by atoms with Gasteiger partial charge < -0.3 is 5.32 Å². The van der Waals surface area contributed by atoms with E-state index in [1.165, 1.54) is 18.3 Å². The number of aryl methyl sites for hydroxylation is 2. The second kappa shape index (κ2) is 6.78. The van der Waals surface area contributed by atoms with Gasteiger partial charge in [0.25, 0.3) is 5.69 Å². The number of hydrogen-bond donors (Lipinski definition) is 1. The molecule has 0 unspecified atom stereocenters. The highest BCUT2D eigenvalue weighted by Crippen LogP contribution is 2.18. The fourth-order valence-corrected chi connectivity index (χ4v) is 2.04. The lowest BCUT2D eigenvalue weighted by Crippen LogP contribution is -2.05. The predicted molar refractivity (Wildman–Crippen MR) is 78.8 cm³/mol. The summed E-state index contributed by atoms with van der Waals surface area (Å²) in [7, 11) is 0. The van der Waals surface area contributed by atoms with Gasteiger partial charge in [0.1, 0.15) is 17.8 Å². The fraction of sp³-hybridized carbons (Fsp3) is 0.267. The van der Waals surface area contributed by atoms with Crippen LogP contribution in [-0.2, 0) is 6.42 Å². The van der Waals surface area contributed by atoms with Gasteiger partial charge in [0, 0.05) is 12.1 Å². The van der Waals surface area contributed by atoms with Crippen LogP contribution in [0.5, 0.6) is 0 Å². The Hall–Kier alpha value is -2.50. The third kappa shape index (κ3) is 4.24. The van der Waals surface area contributed by atoms with E-state index in [1.807, 2.05) is 6.07 Å². The highest BCUT2D eigenvalue weighted by molar-refractivity contribution is 5.46. The first-order valence-corrected chi connectivity index (χ1v) is 6.65. The van der Waals surface area contributed by atoms with Crippen LogP contribution in [-0.4, -0.2) is 16.5 Å². The van der Waals surface area contributed by atoms with E-state index in [-0.39, 0.29) is 11.5 Å². The molecular weight excluding hydrogens is 273 g/mol. The van der Waals surface area contributed by atoms with Gasteiger partial charge in [-0.1, -0.05) is 12.1 Å². The molecule has 1 N–H and O–H groups in total. The number of anilines is 1. The number of aromatic nitrogens is 1. The zero-order valence-corrected chi connectivity index (χ0v) is 11.7. The first-order chi connectivity index (χ1) is 10.1. The number of halogens is 1. The van der Waals surface area contributed by atoms with Gasteiger partial charge in [-0.25, -0.2) is 9.37 Å². The lowest BCUT2D eigenvalue weighted by atomic mass is 10.1. The molecular formula is C15H16FN3O2. The highest BCUT2D eigenvalue weighted by atomic mass is 19.1. The Labute approximate surface area is 122 Å². The number of pyridine rings is 1. The molecule has 21 heavy (non-hydrogen) atoms. The molecule has 0 bridgehead atoms. The lowest BCUT2D eigenvalue weighted by Gasteiger charge is -2.06. The number of nitrogens with zero attached hydrogens (tertiary/aromatic N) is 2. The molecule has 0 spiro atoms. The highest BCUT2D eigenvalue weighted by Gasteiger charge is 2.10. The molecule has 0 saturated heterocycles. The van der Waals surface area contributed by atoms with E-state index in [4.69, 9.17) is 0 Å². The van der Waals surface area contributed by atoms with Crippen LogP contribution in [0, 0.1) is 22.9 Å². The Bertz CT molecular complexity index is 647. The summed E-state index contributed by atoms with van der Waals surface area (Å²) in [4.78, 5) is 14.3. The molecule has 0 fully saturated rings. The maximum Gasteiger partial charge on any atom is 0.290 e. The Morgan fingerprint density at radius 3 is 2.86 bits per heavy atom. The summed E-state index contributed by atoms with van der Waals surface area (Å²) in [6, 6.07) is 8.18. The van der Waals surface area contributed by atoms with Gasteiger partial charge >= 0.3 is 0 Å². The van der Waals surface area contributed by atoms with Crippen molar-refractivity contribution >= 4 is 11.5 Å². The Morgan fingerprint density at radius 2 is 2.19 bits per heavy atom. The number of benzene rings is 1. The van der Waals surface area contributed by atoms with Crippen molar-refractivity contribution in [3.05, 3.63) is 63.6 Å². The maximum absolute atomic E-state index is 13.0. The van der Waals surface area contributed by atoms with E-state index in [0.29, 0.717) is 17.9 Å². The second-order valence-corrected chi connectivity index (χ2v) is 4.77. The van der Waals surface area contributed by atoms with Gasteiger partial charge in [0.15, 0.2) is 0 Å². The Kier molecular flexibility index (Phi) is 4.81. The van der Waals surface area contributed by atoms with Gasteiger partial charge in [-0.3, -0.25) is 10.1 Å². The largest absolute Gasteiger partial charge is 0.370 e. The van der Waals surface area contributed by atoms with Crippen molar-refractivity contribution in [1.29, 1.82) is 0 Å². The van der Waals surface area contributed by atoms with Gasteiger partial charge in [-0.15, -0.1) is 0 Å². The van der Waals surface area contributed by atoms with E-state index < -0.39 is 4.92 Å². The number of rotatable bonds is 6. The van der Waals surface area contributed by atoms with Crippen LogP contribution in [0.15, 0.2) is 36.5 Å². The maximum atomic E-state index is 13.0. The molecule has 0 atom stereocenters. The van der Waals surface area contributed by atoms with Crippen molar-refractivity contribution in [2.24, 2.45) is 0 Å². The summed E-state index contributed by atoms with van der Waals surface area (Å²) in [5.41, 5.74) is 1.53. The SMILES string of the molecule is Cc1cc(NCCCc2cccc(F)c2)ncc1[N+](=O)[O-]. The average molecular weight is 289 g/mol. The van der Waals surface area contributed by atoms with E-state index in [2.05, 4.69) is 10.3 Å². The number of hydrogen-bond acceptors (Lipinski definition) is 4. The molecule has 1 heterocycles. The average Bonchev–Trinajstić information content (AvgIpc) is 2.43. The summed E-state index contributed by atoms with van der Waals surface area (Å²) in [5.74, 6) is 0.380. The first-order valence-electron chi connectivity index (χ1n) is 6.65. The van der Waals surface area contributed by atoms with Crippen molar-refractivity contribution in [2.75, 3.05) is 11.9 Å². The first kappa shape index (κ1) is 14.9. The summed E-state index contributed by atoms with van der Waals surface area (Å²) in [5, 5.41) is 13.8. The Morgan fingerprint density at radius 1 is 1.38 bits per heavy atom. The van der Waals surface area contributed by atoms with Crippen LogP contribution in [0.2, 0.25) is 0 Å². The molecule has 0 aliphatic carbocycles. The molecule has 5 nitrogen and oxygen atoms in total. The molecule has 0 radical (unpaired) electrons. The van der Waals surface area contributed by atoms with Crippen LogP contribution in [0.3, 0.4) is 0 Å². The van der Waals surface area contributed by atoms with Crippen LogP contribution >= 0.6 is 0 Å². The summed E-state index contributed by atoms with van der Waals surface area (Å²) in [6.45, 7) is 2.35. The third-order valence-electron chi connectivity index (χ3n) is 3.12. The topological polar surface area (TPSA) is 68.1 Å². The summed E-state index contributed by atoms with van der Waals surface area (Å²) < 4.78 is 13.0. The predicted octanol–water partition coefficient (Wildman–Crippen LogP) is 3.48. The zero-order valence-electron chi connectivity index (χ0n) is 11.7. The zero-order chi connectivity index (χ0) is 15.2. The molecule has 0 saturated carbocycles. The van der Waals surface area contributed by atoms with Gasteiger partial charge in [0.2, 0.25) is 0 Å². The molecule has 1 aromatic carbocycles. The minimum Gasteiger partial charge on any atom is -0.370 e. The smallest absolute Gasteiger partial charge is 0.290 e. The van der Waals surface area contributed by atoms with Crippen LogP contribution in [0.25, 0.3) is 0 Å². The molecule has 2 rings (SSSR count). The molecule has 0 aliphatic rings. The van der Waals surface area contributed by atoms with E-state index >= 15 is 0 Å². The summed E-state index contributed by atoms with van der Waals surface area (Å²) >= 11 is 0. The monoisotopic (exact) mass is 289 g/mol.